The summed E-state index contributed by atoms with van der Waals surface area (Å²) in [6.07, 6.45) is 4.22. The quantitative estimate of drug-likeness (QED) is 0.421. The van der Waals surface area contributed by atoms with E-state index in [1.54, 1.807) is 18.2 Å². The number of unbranched alkanes of at least 4 members (excludes halogenated alkanes) is 2. The Morgan fingerprint density at radius 1 is 1.24 bits per heavy atom. The molecular formula is C18H24N2O4S. The number of hydrogen-bond donors (Lipinski definition) is 2. The van der Waals surface area contributed by atoms with Crippen LogP contribution in [0.4, 0.5) is 4.79 Å². The monoisotopic (exact) mass is 364 g/mol. The molecule has 0 saturated carbocycles. The summed E-state index contributed by atoms with van der Waals surface area (Å²) in [5, 5.41) is 6.49. The summed E-state index contributed by atoms with van der Waals surface area (Å²) in [7, 11) is 1.37. The van der Waals surface area contributed by atoms with Crippen LogP contribution >= 0.6 is 11.8 Å². The number of nitrogens with one attached hydrogen (secondary N) is 2. The first-order valence-electron chi connectivity index (χ1n) is 8.68. The van der Waals surface area contributed by atoms with E-state index < -0.39 is 0 Å². The number of hydrogen-bond acceptors (Lipinski definition) is 5. The third kappa shape index (κ3) is 4.39. The molecule has 0 bridgehead atoms. The predicted octanol–water partition coefficient (Wildman–Crippen LogP) is 2.58. The van der Waals surface area contributed by atoms with Crippen molar-refractivity contribution in [2.75, 3.05) is 19.5 Å². The van der Waals surface area contributed by atoms with E-state index in [4.69, 9.17) is 9.47 Å². The van der Waals surface area contributed by atoms with E-state index in [1.807, 2.05) is 17.8 Å². The summed E-state index contributed by atoms with van der Waals surface area (Å²) in [4.78, 5) is 23.1. The molecule has 3 rings (SSSR count). The number of carbonyl (C=O) groups is 2. The minimum Gasteiger partial charge on any atom is -0.493 e. The normalized spacial score (nSPS) is 24.4. The molecule has 0 radical (unpaired) electrons. The van der Waals surface area contributed by atoms with Crippen molar-refractivity contribution >= 4 is 23.8 Å². The standard InChI is InChI=1S/C18H24N2O4S/c1-23-17(21)12-7-4-5-8-14(12)24-10-6-2-3-9-15-16-13(11-25-15)19-18(22)20-16/h4-5,7-8,13,15-16H,2-3,6,9-11H2,1H3,(H2,19,20,22)/t13-,15-,16-/m0/s1. The van der Waals surface area contributed by atoms with E-state index in [9.17, 15) is 9.59 Å². The summed E-state index contributed by atoms with van der Waals surface area (Å²) < 4.78 is 10.5. The molecule has 2 fully saturated rings. The first-order chi connectivity index (χ1) is 12.2. The molecule has 25 heavy (non-hydrogen) atoms. The number of carbonyl (C=O) groups excluding carboxylic acids is 2. The minimum atomic E-state index is -0.379. The molecule has 2 amide bonds. The zero-order valence-corrected chi connectivity index (χ0v) is 15.1. The van der Waals surface area contributed by atoms with Gasteiger partial charge in [0, 0.05) is 11.0 Å². The number of rotatable bonds is 8. The molecule has 0 spiro atoms. The largest absolute Gasteiger partial charge is 0.493 e. The van der Waals surface area contributed by atoms with Gasteiger partial charge in [-0.1, -0.05) is 25.0 Å². The number of esters is 1. The van der Waals surface area contributed by atoms with Crippen LogP contribution in [0.3, 0.4) is 0 Å². The molecule has 2 heterocycles. The van der Waals surface area contributed by atoms with Crippen molar-refractivity contribution in [3.8, 4) is 5.75 Å². The SMILES string of the molecule is COC(=O)c1ccccc1OCCCCC[C@@H]1SC[C@@H]2NC(=O)N[C@@H]21. The number of amides is 2. The Morgan fingerprint density at radius 3 is 2.92 bits per heavy atom. The fourth-order valence-electron chi connectivity index (χ4n) is 3.32. The van der Waals surface area contributed by atoms with Crippen LogP contribution < -0.4 is 15.4 Å². The average Bonchev–Trinajstić information content (AvgIpc) is 3.17. The minimum absolute atomic E-state index is 0.0297. The van der Waals surface area contributed by atoms with Gasteiger partial charge in [0.15, 0.2) is 0 Å². The molecule has 0 unspecified atom stereocenters. The van der Waals surface area contributed by atoms with E-state index in [0.717, 1.165) is 31.4 Å². The van der Waals surface area contributed by atoms with Crippen LogP contribution in [0, 0.1) is 0 Å². The molecule has 3 atom stereocenters. The van der Waals surface area contributed by atoms with E-state index in [-0.39, 0.29) is 18.0 Å². The summed E-state index contributed by atoms with van der Waals surface area (Å²) in [5.41, 5.74) is 0.461. The molecule has 2 aliphatic heterocycles. The van der Waals surface area contributed by atoms with Crippen LogP contribution in [0.5, 0.6) is 5.75 Å². The Morgan fingerprint density at radius 2 is 2.08 bits per heavy atom. The molecule has 7 heteroatoms. The van der Waals surface area contributed by atoms with Crippen molar-refractivity contribution in [3.05, 3.63) is 29.8 Å². The van der Waals surface area contributed by atoms with E-state index in [0.29, 0.717) is 29.2 Å². The fraction of sp³-hybridized carbons (Fsp3) is 0.556. The molecular weight excluding hydrogens is 340 g/mol. The molecule has 1 aromatic carbocycles. The van der Waals surface area contributed by atoms with Gasteiger partial charge in [0.05, 0.1) is 25.8 Å². The summed E-state index contributed by atoms with van der Waals surface area (Å²) in [5.74, 6) is 1.19. The lowest BCUT2D eigenvalue weighted by molar-refractivity contribution is 0.0596. The number of methoxy groups -OCH3 is 1. The number of thioether (sulfide) groups is 1. The number of fused-ring (bicyclic) bond motifs is 1. The van der Waals surface area contributed by atoms with Gasteiger partial charge in [0.1, 0.15) is 11.3 Å². The number of ether oxygens (including phenoxy) is 2. The Bertz CT molecular complexity index is 625. The Kier molecular flexibility index (Phi) is 6.07. The second kappa shape index (κ2) is 8.47. The zero-order valence-electron chi connectivity index (χ0n) is 14.3. The maximum absolute atomic E-state index is 11.7. The topological polar surface area (TPSA) is 76.7 Å². The van der Waals surface area contributed by atoms with Crippen LogP contribution in [-0.4, -0.2) is 48.8 Å². The van der Waals surface area contributed by atoms with Crippen LogP contribution in [0.15, 0.2) is 24.3 Å². The summed E-state index contributed by atoms with van der Waals surface area (Å²) >= 11 is 1.94. The van der Waals surface area contributed by atoms with Gasteiger partial charge in [-0.2, -0.15) is 11.8 Å². The van der Waals surface area contributed by atoms with Gasteiger partial charge in [0.25, 0.3) is 0 Å². The van der Waals surface area contributed by atoms with Gasteiger partial charge in [-0.05, 0) is 25.0 Å². The lowest BCUT2D eigenvalue weighted by atomic mass is 10.0. The molecule has 1 aromatic rings. The summed E-state index contributed by atoms with van der Waals surface area (Å²) in [6.45, 7) is 0.580. The van der Waals surface area contributed by atoms with E-state index in [2.05, 4.69) is 10.6 Å². The van der Waals surface area contributed by atoms with Gasteiger partial charge < -0.3 is 20.1 Å². The Hall–Kier alpha value is -1.89. The van der Waals surface area contributed by atoms with Crippen LogP contribution in [0.1, 0.15) is 36.0 Å². The maximum Gasteiger partial charge on any atom is 0.341 e. The zero-order chi connectivity index (χ0) is 17.6. The van der Waals surface area contributed by atoms with E-state index >= 15 is 0 Å². The summed E-state index contributed by atoms with van der Waals surface area (Å²) in [6, 6.07) is 7.68. The van der Waals surface area contributed by atoms with E-state index in [1.165, 1.54) is 7.11 Å². The average molecular weight is 364 g/mol. The third-order valence-corrected chi connectivity index (χ3v) is 6.13. The highest BCUT2D eigenvalue weighted by Crippen LogP contribution is 2.33. The fourth-order valence-corrected chi connectivity index (χ4v) is 4.86. The molecule has 6 nitrogen and oxygen atoms in total. The number of urea groups is 1. The molecule has 2 saturated heterocycles. The van der Waals surface area contributed by atoms with Gasteiger partial charge >= 0.3 is 12.0 Å². The van der Waals surface area contributed by atoms with Gasteiger partial charge in [-0.25, -0.2) is 9.59 Å². The molecule has 0 aliphatic carbocycles. The third-order valence-electron chi connectivity index (χ3n) is 4.62. The molecule has 0 aromatic heterocycles. The van der Waals surface area contributed by atoms with Crippen molar-refractivity contribution < 1.29 is 19.1 Å². The number of para-hydroxylation sites is 1. The Labute approximate surface area is 152 Å². The molecule has 2 aliphatic rings. The number of benzene rings is 1. The van der Waals surface area contributed by atoms with Crippen molar-refractivity contribution in [1.29, 1.82) is 0 Å². The van der Waals surface area contributed by atoms with Gasteiger partial charge in [-0.15, -0.1) is 0 Å². The highest BCUT2D eigenvalue weighted by molar-refractivity contribution is 8.00. The smallest absolute Gasteiger partial charge is 0.341 e. The van der Waals surface area contributed by atoms with Crippen LogP contribution in [0.25, 0.3) is 0 Å². The van der Waals surface area contributed by atoms with Crippen molar-refractivity contribution in [3.63, 3.8) is 0 Å². The second-order valence-corrected chi connectivity index (χ2v) is 7.58. The van der Waals surface area contributed by atoms with Crippen molar-refractivity contribution in [1.82, 2.24) is 10.6 Å². The Balaban J connectivity index is 1.35. The first kappa shape index (κ1) is 17.9. The maximum atomic E-state index is 11.7. The molecule has 136 valence electrons. The van der Waals surface area contributed by atoms with Crippen molar-refractivity contribution in [2.24, 2.45) is 0 Å². The molecule has 2 N–H and O–H groups in total. The van der Waals surface area contributed by atoms with Crippen LogP contribution in [-0.2, 0) is 4.74 Å². The first-order valence-corrected chi connectivity index (χ1v) is 9.72. The van der Waals surface area contributed by atoms with Crippen LogP contribution in [0.2, 0.25) is 0 Å². The van der Waals surface area contributed by atoms with Gasteiger partial charge in [-0.3, -0.25) is 0 Å². The predicted molar refractivity (Wildman–Crippen MR) is 97.2 cm³/mol. The van der Waals surface area contributed by atoms with Crippen molar-refractivity contribution in [2.45, 2.75) is 43.0 Å². The lowest BCUT2D eigenvalue weighted by Crippen LogP contribution is -2.36. The highest BCUT2D eigenvalue weighted by Gasteiger charge is 2.42. The lowest BCUT2D eigenvalue weighted by Gasteiger charge is -2.16. The second-order valence-electron chi connectivity index (χ2n) is 6.31. The van der Waals surface area contributed by atoms with Gasteiger partial charge in [0.2, 0.25) is 0 Å². The highest BCUT2D eigenvalue weighted by atomic mass is 32.2.